The molecule has 0 bridgehead atoms. The van der Waals surface area contributed by atoms with E-state index in [1.165, 1.54) is 17.7 Å². The number of allylic oxidation sites excluding steroid dienone is 1. The van der Waals surface area contributed by atoms with Crippen molar-refractivity contribution in [2.24, 2.45) is 10.8 Å². The number of benzene rings is 4. The Bertz CT molecular complexity index is 1700. The maximum atomic E-state index is 14.9. The Labute approximate surface area is 230 Å². The normalized spacial score (nSPS) is 21.1. The summed E-state index contributed by atoms with van der Waals surface area (Å²) in [5, 5.41) is 0. The molecule has 0 N–H and O–H groups in total. The molecule has 6 rings (SSSR count). The van der Waals surface area contributed by atoms with Gasteiger partial charge in [0.2, 0.25) is 0 Å². The molecule has 1 aliphatic heterocycles. The Hall–Kier alpha value is -3.70. The predicted octanol–water partition coefficient (Wildman–Crippen LogP) is 8.11. The third kappa shape index (κ3) is 3.42. The molecule has 198 valence electrons. The van der Waals surface area contributed by atoms with E-state index in [9.17, 15) is 12.8 Å². The first-order valence-electron chi connectivity index (χ1n) is 13.2. The van der Waals surface area contributed by atoms with Crippen LogP contribution in [0.5, 0.6) is 0 Å². The quantitative estimate of drug-likeness (QED) is 0.264. The van der Waals surface area contributed by atoms with E-state index >= 15 is 0 Å². The summed E-state index contributed by atoms with van der Waals surface area (Å²) < 4.78 is 45.7. The van der Waals surface area contributed by atoms with Gasteiger partial charge in [-0.15, -0.1) is 0 Å². The van der Waals surface area contributed by atoms with Gasteiger partial charge in [-0.05, 0) is 64.8 Å². The Morgan fingerprint density at radius 2 is 1.21 bits per heavy atom. The molecule has 4 aromatic carbocycles. The lowest BCUT2D eigenvalue weighted by Crippen LogP contribution is -2.48. The van der Waals surface area contributed by atoms with Gasteiger partial charge in [0, 0.05) is 5.56 Å². The van der Waals surface area contributed by atoms with Gasteiger partial charge in [0.1, 0.15) is 11.4 Å². The summed E-state index contributed by atoms with van der Waals surface area (Å²) >= 11 is 0. The summed E-state index contributed by atoms with van der Waals surface area (Å²) in [5.74, 6) is -0.369. The van der Waals surface area contributed by atoms with Crippen LogP contribution < -0.4 is 4.31 Å². The van der Waals surface area contributed by atoms with E-state index in [1.54, 1.807) is 28.6 Å². The van der Waals surface area contributed by atoms with Crippen LogP contribution in [-0.2, 0) is 15.6 Å². The van der Waals surface area contributed by atoms with Crippen molar-refractivity contribution in [3.8, 4) is 0 Å². The van der Waals surface area contributed by atoms with E-state index in [-0.39, 0.29) is 21.5 Å². The van der Waals surface area contributed by atoms with Gasteiger partial charge >= 0.3 is 0 Å². The molecule has 0 radical (unpaired) electrons. The van der Waals surface area contributed by atoms with Crippen LogP contribution >= 0.6 is 0 Å². The van der Waals surface area contributed by atoms with Crippen molar-refractivity contribution in [1.82, 2.24) is 0 Å². The Kier molecular flexibility index (Phi) is 5.51. The Balaban J connectivity index is 1.83. The fourth-order valence-electron chi connectivity index (χ4n) is 6.50. The standard InChI is InChI=1S/C34H32FNO2S/c1-23-15-21-27(22-16-23)39(37,38)36-29-14-10-9-13-28(29)30(31-32(2,3)33(31,4)5)34(36,24-11-7-6-8-12-24)25-17-19-26(35)20-18-25/h6-22H,1-5H3. The van der Waals surface area contributed by atoms with Gasteiger partial charge in [0.25, 0.3) is 10.0 Å². The van der Waals surface area contributed by atoms with Crippen molar-refractivity contribution in [3.63, 3.8) is 0 Å². The lowest BCUT2D eigenvalue weighted by molar-refractivity contribution is 0.457. The first-order chi connectivity index (χ1) is 18.4. The molecule has 1 unspecified atom stereocenters. The highest BCUT2D eigenvalue weighted by atomic mass is 32.2. The molecule has 0 spiro atoms. The van der Waals surface area contributed by atoms with E-state index in [0.717, 1.165) is 22.3 Å². The topological polar surface area (TPSA) is 37.4 Å². The van der Waals surface area contributed by atoms with Gasteiger partial charge < -0.3 is 0 Å². The molecule has 1 atom stereocenters. The number of fused-ring (bicyclic) bond motifs is 1. The number of aryl methyl sites for hydroxylation is 1. The summed E-state index contributed by atoms with van der Waals surface area (Å²) in [4.78, 5) is 0.214. The molecular formula is C34H32FNO2S. The molecule has 1 saturated carbocycles. The molecule has 0 aromatic heterocycles. The van der Waals surface area contributed by atoms with Gasteiger partial charge in [0.15, 0.2) is 0 Å². The SMILES string of the molecule is Cc1ccc(S(=O)(=O)N2c3ccccc3C(=C3C(C)(C)C3(C)C)C2(c2ccccc2)c2ccc(F)cc2)cc1. The second-order valence-corrected chi connectivity index (χ2v) is 13.5. The Morgan fingerprint density at radius 1 is 0.667 bits per heavy atom. The zero-order valence-corrected chi connectivity index (χ0v) is 23.7. The van der Waals surface area contributed by atoms with Crippen molar-refractivity contribution < 1.29 is 12.8 Å². The Morgan fingerprint density at radius 3 is 1.79 bits per heavy atom. The molecule has 3 nitrogen and oxygen atoms in total. The maximum absolute atomic E-state index is 14.9. The number of hydrogen-bond donors (Lipinski definition) is 0. The van der Waals surface area contributed by atoms with Crippen LogP contribution in [0.3, 0.4) is 0 Å². The van der Waals surface area contributed by atoms with Crippen molar-refractivity contribution in [3.05, 3.63) is 137 Å². The molecule has 0 amide bonds. The minimum absolute atomic E-state index is 0.168. The first-order valence-corrected chi connectivity index (χ1v) is 14.7. The second-order valence-electron chi connectivity index (χ2n) is 11.7. The van der Waals surface area contributed by atoms with Crippen LogP contribution in [0.25, 0.3) is 5.57 Å². The molecule has 1 heterocycles. The summed E-state index contributed by atoms with van der Waals surface area (Å²) in [6.45, 7) is 10.8. The van der Waals surface area contributed by atoms with E-state index in [2.05, 4.69) is 27.7 Å². The zero-order chi connectivity index (χ0) is 27.8. The van der Waals surface area contributed by atoms with Gasteiger partial charge in [-0.25, -0.2) is 17.1 Å². The highest BCUT2D eigenvalue weighted by molar-refractivity contribution is 7.93. The van der Waals surface area contributed by atoms with Gasteiger partial charge in [-0.1, -0.05) is 112 Å². The van der Waals surface area contributed by atoms with Crippen LogP contribution in [0.2, 0.25) is 0 Å². The smallest absolute Gasteiger partial charge is 0.246 e. The number of sulfonamides is 1. The van der Waals surface area contributed by atoms with Crippen LogP contribution in [0, 0.1) is 23.6 Å². The average molecular weight is 538 g/mol. The monoisotopic (exact) mass is 537 g/mol. The lowest BCUT2D eigenvalue weighted by Gasteiger charge is -2.41. The minimum atomic E-state index is -4.09. The van der Waals surface area contributed by atoms with Crippen molar-refractivity contribution in [1.29, 1.82) is 0 Å². The van der Waals surface area contributed by atoms with Crippen molar-refractivity contribution in [2.75, 3.05) is 4.31 Å². The number of rotatable bonds is 4. The highest BCUT2D eigenvalue weighted by Gasteiger charge is 2.67. The number of para-hydroxylation sites is 1. The number of anilines is 1. The maximum Gasteiger partial charge on any atom is 0.265 e. The van der Waals surface area contributed by atoms with Crippen LogP contribution in [-0.4, -0.2) is 8.42 Å². The van der Waals surface area contributed by atoms with Crippen LogP contribution in [0.1, 0.15) is 49.9 Å². The molecule has 1 fully saturated rings. The number of nitrogens with zero attached hydrogens (tertiary/aromatic N) is 1. The zero-order valence-electron chi connectivity index (χ0n) is 22.9. The highest BCUT2D eigenvalue weighted by Crippen LogP contribution is 2.74. The van der Waals surface area contributed by atoms with E-state index in [1.807, 2.05) is 73.7 Å². The summed E-state index contributed by atoms with van der Waals surface area (Å²) in [6.07, 6.45) is 0. The molecule has 4 aromatic rings. The molecule has 5 heteroatoms. The predicted molar refractivity (Wildman–Crippen MR) is 155 cm³/mol. The molecule has 0 saturated heterocycles. The first kappa shape index (κ1) is 25.6. The van der Waals surface area contributed by atoms with Crippen LogP contribution in [0.15, 0.2) is 114 Å². The van der Waals surface area contributed by atoms with Crippen molar-refractivity contribution in [2.45, 2.75) is 45.1 Å². The van der Waals surface area contributed by atoms with Gasteiger partial charge in [-0.3, -0.25) is 0 Å². The van der Waals surface area contributed by atoms with E-state index in [4.69, 9.17) is 0 Å². The largest absolute Gasteiger partial charge is 0.265 e. The number of hydrogen-bond acceptors (Lipinski definition) is 2. The van der Waals surface area contributed by atoms with Crippen molar-refractivity contribution >= 4 is 21.3 Å². The lowest BCUT2D eigenvalue weighted by atomic mass is 9.75. The summed E-state index contributed by atoms with van der Waals surface area (Å²) in [5.41, 5.74) is 4.57. The molecular weight excluding hydrogens is 505 g/mol. The van der Waals surface area contributed by atoms with E-state index < -0.39 is 15.6 Å². The van der Waals surface area contributed by atoms with E-state index in [0.29, 0.717) is 11.3 Å². The summed E-state index contributed by atoms with van der Waals surface area (Å²) in [7, 11) is -4.09. The third-order valence-corrected chi connectivity index (χ3v) is 10.9. The second kappa shape index (κ2) is 8.40. The number of halogens is 1. The minimum Gasteiger partial charge on any atom is -0.246 e. The molecule has 1 aliphatic carbocycles. The van der Waals surface area contributed by atoms with Crippen LogP contribution in [0.4, 0.5) is 10.1 Å². The molecule has 2 aliphatic rings. The van der Waals surface area contributed by atoms with Gasteiger partial charge in [0.05, 0.1) is 10.6 Å². The fourth-order valence-corrected chi connectivity index (χ4v) is 8.27. The van der Waals surface area contributed by atoms with Gasteiger partial charge in [-0.2, -0.15) is 0 Å². The fraction of sp³-hybridized carbons (Fsp3) is 0.235. The average Bonchev–Trinajstić information content (AvgIpc) is 3.16. The third-order valence-electron chi connectivity index (χ3n) is 9.07. The molecule has 39 heavy (non-hydrogen) atoms. The summed E-state index contributed by atoms with van der Waals surface area (Å²) in [6, 6.07) is 30.8.